The molecule has 1 aromatic heterocycles. The fraction of sp³-hybridized carbons (Fsp3) is 0.0909. The van der Waals surface area contributed by atoms with Crippen molar-refractivity contribution in [1.29, 1.82) is 0 Å². The van der Waals surface area contributed by atoms with Gasteiger partial charge in [-0.05, 0) is 19.1 Å². The molecule has 8 nitrogen and oxygen atoms in total. The maximum absolute atomic E-state index is 13.1. The van der Waals surface area contributed by atoms with Crippen LogP contribution in [-0.4, -0.2) is 14.9 Å². The van der Waals surface area contributed by atoms with Crippen LogP contribution in [-0.2, 0) is 0 Å². The largest absolute Gasteiger partial charge is 0.433 e. The molecule has 1 heterocycles. The van der Waals surface area contributed by atoms with Gasteiger partial charge in [0.15, 0.2) is 0 Å². The number of hydrogen-bond acceptors (Lipinski definition) is 7. The first-order valence-electron chi connectivity index (χ1n) is 5.44. The zero-order chi connectivity index (χ0) is 14.7. The van der Waals surface area contributed by atoms with Gasteiger partial charge >= 0.3 is 11.6 Å². The predicted octanol–water partition coefficient (Wildman–Crippen LogP) is 1.91. The monoisotopic (exact) mass is 279 g/mol. The first-order chi connectivity index (χ1) is 9.51. The number of halogens is 1. The molecule has 0 spiro atoms. The number of ether oxygens (including phenoxy) is 1. The molecule has 1 aromatic carbocycles. The van der Waals surface area contributed by atoms with Crippen LogP contribution in [0, 0.1) is 22.9 Å². The number of nitrogens with zero attached hydrogens (tertiary/aromatic N) is 3. The molecule has 0 unspecified atom stereocenters. The predicted molar refractivity (Wildman–Crippen MR) is 67.7 cm³/mol. The summed E-state index contributed by atoms with van der Waals surface area (Å²) in [6.45, 7) is 1.42. The number of nitrogen functional groups attached to an aromatic ring is 1. The van der Waals surface area contributed by atoms with E-state index in [2.05, 4.69) is 15.4 Å². The molecule has 0 saturated carbocycles. The summed E-state index contributed by atoms with van der Waals surface area (Å²) in [7, 11) is 0. The van der Waals surface area contributed by atoms with Crippen molar-refractivity contribution in [1.82, 2.24) is 9.97 Å². The zero-order valence-corrected chi connectivity index (χ0v) is 10.3. The van der Waals surface area contributed by atoms with Crippen molar-refractivity contribution in [2.45, 2.75) is 6.92 Å². The highest BCUT2D eigenvalue weighted by atomic mass is 19.1. The Kier molecular flexibility index (Phi) is 3.71. The van der Waals surface area contributed by atoms with Gasteiger partial charge in [0.2, 0.25) is 5.95 Å². The molecule has 104 valence electrons. The lowest BCUT2D eigenvalue weighted by molar-refractivity contribution is -0.386. The van der Waals surface area contributed by atoms with Gasteiger partial charge in [0.25, 0.3) is 0 Å². The second kappa shape index (κ2) is 5.45. The summed E-state index contributed by atoms with van der Waals surface area (Å²) in [6, 6.07) is 5.16. The zero-order valence-electron chi connectivity index (χ0n) is 10.3. The summed E-state index contributed by atoms with van der Waals surface area (Å²) < 4.78 is 18.3. The third-order valence-corrected chi connectivity index (χ3v) is 2.35. The molecule has 0 amide bonds. The Hall–Kier alpha value is -2.81. The van der Waals surface area contributed by atoms with Crippen LogP contribution in [0.2, 0.25) is 0 Å². The van der Waals surface area contributed by atoms with Crippen molar-refractivity contribution in [3.63, 3.8) is 0 Å². The summed E-state index contributed by atoms with van der Waals surface area (Å²) in [5, 5.41) is 11.0. The van der Waals surface area contributed by atoms with Gasteiger partial charge in [-0.1, -0.05) is 6.07 Å². The van der Waals surface area contributed by atoms with Gasteiger partial charge in [-0.15, -0.1) is 0 Å². The van der Waals surface area contributed by atoms with Crippen LogP contribution >= 0.6 is 0 Å². The van der Waals surface area contributed by atoms with Crippen molar-refractivity contribution in [2.24, 2.45) is 5.84 Å². The Labute approximate surface area is 112 Å². The maximum atomic E-state index is 13.1. The molecule has 2 rings (SSSR count). The van der Waals surface area contributed by atoms with E-state index >= 15 is 0 Å². The number of nitrogens with two attached hydrogens (primary N) is 1. The molecule has 9 heteroatoms. The third-order valence-electron chi connectivity index (χ3n) is 2.35. The van der Waals surface area contributed by atoms with Crippen molar-refractivity contribution >= 4 is 11.6 Å². The van der Waals surface area contributed by atoms with Crippen LogP contribution in [0.3, 0.4) is 0 Å². The lowest BCUT2D eigenvalue weighted by atomic mass is 10.3. The molecule has 2 aromatic rings. The summed E-state index contributed by atoms with van der Waals surface area (Å²) in [4.78, 5) is 17.9. The van der Waals surface area contributed by atoms with E-state index in [0.29, 0.717) is 0 Å². The van der Waals surface area contributed by atoms with Gasteiger partial charge in [0.1, 0.15) is 17.3 Å². The van der Waals surface area contributed by atoms with E-state index in [-0.39, 0.29) is 23.3 Å². The van der Waals surface area contributed by atoms with E-state index in [0.717, 1.165) is 6.07 Å². The molecule has 0 radical (unpaired) electrons. The maximum Gasteiger partial charge on any atom is 0.352 e. The minimum atomic E-state index is -0.676. The Morgan fingerprint density at radius 1 is 1.45 bits per heavy atom. The Morgan fingerprint density at radius 3 is 2.80 bits per heavy atom. The second-order valence-electron chi connectivity index (χ2n) is 3.75. The van der Waals surface area contributed by atoms with Crippen molar-refractivity contribution in [2.75, 3.05) is 5.43 Å². The van der Waals surface area contributed by atoms with Crippen molar-refractivity contribution < 1.29 is 14.1 Å². The van der Waals surface area contributed by atoms with Crippen LogP contribution in [0.4, 0.5) is 16.0 Å². The topological polar surface area (TPSA) is 116 Å². The smallest absolute Gasteiger partial charge is 0.352 e. The summed E-state index contributed by atoms with van der Waals surface area (Å²) in [5.41, 5.74) is 1.84. The molecule has 0 aliphatic heterocycles. The van der Waals surface area contributed by atoms with E-state index in [1.807, 2.05) is 0 Å². The van der Waals surface area contributed by atoms with Gasteiger partial charge in [0, 0.05) is 6.07 Å². The highest BCUT2D eigenvalue weighted by molar-refractivity contribution is 5.50. The highest BCUT2D eigenvalue weighted by Crippen LogP contribution is 2.32. The molecule has 0 bridgehead atoms. The number of nitro groups is 1. The number of rotatable bonds is 4. The molecular formula is C11H10FN5O3. The van der Waals surface area contributed by atoms with Gasteiger partial charge in [0.05, 0.1) is 4.92 Å². The minimum Gasteiger partial charge on any atom is -0.433 e. The lowest BCUT2D eigenvalue weighted by Gasteiger charge is -2.08. The molecule has 0 saturated heterocycles. The lowest BCUT2D eigenvalue weighted by Crippen LogP contribution is -2.12. The van der Waals surface area contributed by atoms with E-state index in [1.54, 1.807) is 0 Å². The molecule has 0 aliphatic carbocycles. The van der Waals surface area contributed by atoms with Gasteiger partial charge < -0.3 is 4.74 Å². The van der Waals surface area contributed by atoms with Crippen LogP contribution in [0.25, 0.3) is 0 Å². The fourth-order valence-corrected chi connectivity index (χ4v) is 1.53. The molecule has 0 fully saturated rings. The van der Waals surface area contributed by atoms with Crippen LogP contribution < -0.4 is 16.0 Å². The fourth-order valence-electron chi connectivity index (χ4n) is 1.53. The normalized spacial score (nSPS) is 10.2. The number of aromatic nitrogens is 2. The minimum absolute atomic E-state index is 0.0421. The average molecular weight is 279 g/mol. The number of aryl methyl sites for hydroxylation is 1. The summed E-state index contributed by atoms with van der Waals surface area (Å²) in [6.07, 6.45) is 0. The number of hydrazine groups is 1. The van der Waals surface area contributed by atoms with Crippen molar-refractivity contribution in [3.05, 3.63) is 45.9 Å². The molecule has 0 aliphatic rings. The van der Waals surface area contributed by atoms with Crippen LogP contribution in [0.15, 0.2) is 24.3 Å². The van der Waals surface area contributed by atoms with E-state index < -0.39 is 16.4 Å². The summed E-state index contributed by atoms with van der Waals surface area (Å²) in [5.74, 6) is 4.35. The van der Waals surface area contributed by atoms with Crippen LogP contribution in [0.1, 0.15) is 5.69 Å². The number of anilines is 1. The number of benzene rings is 1. The molecule has 0 atom stereocenters. The van der Waals surface area contributed by atoms with E-state index in [9.17, 15) is 14.5 Å². The van der Waals surface area contributed by atoms with Gasteiger partial charge in [-0.3, -0.25) is 15.5 Å². The average Bonchev–Trinajstić information content (AvgIpc) is 2.37. The Balaban J connectivity index is 2.48. The van der Waals surface area contributed by atoms with Crippen LogP contribution in [0.5, 0.6) is 11.6 Å². The second-order valence-corrected chi connectivity index (χ2v) is 3.75. The van der Waals surface area contributed by atoms with E-state index in [4.69, 9.17) is 10.6 Å². The first-order valence-corrected chi connectivity index (χ1v) is 5.44. The Bertz CT molecular complexity index is 665. The highest BCUT2D eigenvalue weighted by Gasteiger charge is 2.24. The third kappa shape index (κ3) is 2.78. The molecular weight excluding hydrogens is 269 g/mol. The van der Waals surface area contributed by atoms with Gasteiger partial charge in [-0.25, -0.2) is 15.2 Å². The quantitative estimate of drug-likeness (QED) is 0.498. The number of hydrogen-bond donors (Lipinski definition) is 2. The SMILES string of the molecule is Cc1nc(NN)nc(Oc2cccc(F)c2)c1[N+](=O)[O-]. The first kappa shape index (κ1) is 13.6. The number of nitrogens with one attached hydrogen (secondary N) is 1. The molecule has 3 N–H and O–H groups in total. The standard InChI is InChI=1S/C11H10FN5O3/c1-6-9(17(18)19)10(15-11(14-6)16-13)20-8-4-2-3-7(12)5-8/h2-5H,13H2,1H3,(H,14,15,16). The van der Waals surface area contributed by atoms with Gasteiger partial charge in [-0.2, -0.15) is 4.98 Å². The van der Waals surface area contributed by atoms with E-state index in [1.165, 1.54) is 25.1 Å². The molecule has 20 heavy (non-hydrogen) atoms. The summed E-state index contributed by atoms with van der Waals surface area (Å²) >= 11 is 0. The van der Waals surface area contributed by atoms with Crippen molar-refractivity contribution in [3.8, 4) is 11.6 Å². The Morgan fingerprint density at radius 2 is 2.20 bits per heavy atom.